The molecule has 144 valence electrons. The predicted molar refractivity (Wildman–Crippen MR) is 127 cm³/mol. The molecule has 0 spiro atoms. The number of rotatable bonds is 3. The van der Waals surface area contributed by atoms with Crippen molar-refractivity contribution in [3.05, 3.63) is 108 Å². The molecule has 5 rings (SSSR count). The number of aliphatic imine (C=N–C) groups is 1. The van der Waals surface area contributed by atoms with Crippen molar-refractivity contribution in [2.24, 2.45) is 4.99 Å². The van der Waals surface area contributed by atoms with E-state index in [9.17, 15) is 5.11 Å². The molecule has 0 aliphatic heterocycles. The van der Waals surface area contributed by atoms with Gasteiger partial charge in [-0.15, -0.1) is 0 Å². The van der Waals surface area contributed by atoms with E-state index < -0.39 is 0 Å². The van der Waals surface area contributed by atoms with E-state index in [0.717, 1.165) is 43.9 Å². The molecule has 0 radical (unpaired) electrons. The molecule has 0 saturated carbocycles. The van der Waals surface area contributed by atoms with E-state index in [2.05, 4.69) is 35.3 Å². The minimum Gasteiger partial charge on any atom is -0.507 e. The van der Waals surface area contributed by atoms with Gasteiger partial charge in [0.25, 0.3) is 0 Å². The Labute approximate surface area is 175 Å². The van der Waals surface area contributed by atoms with Gasteiger partial charge in [-0.1, -0.05) is 78.9 Å². The van der Waals surface area contributed by atoms with Crippen LogP contribution in [0.3, 0.4) is 0 Å². The molecule has 1 N–H and O–H groups in total. The zero-order chi connectivity index (χ0) is 20.5. The Kier molecular flexibility index (Phi) is 4.53. The van der Waals surface area contributed by atoms with E-state index in [1.165, 1.54) is 0 Å². The number of aryl methyl sites for hydroxylation is 1. The molecule has 0 fully saturated rings. The molecule has 0 unspecified atom stereocenters. The average molecular weight is 387 g/mol. The third-order valence-corrected chi connectivity index (χ3v) is 5.57. The molecule has 0 heterocycles. The molecular formula is C28H21NO. The monoisotopic (exact) mass is 387 g/mol. The Hall–Kier alpha value is -3.91. The summed E-state index contributed by atoms with van der Waals surface area (Å²) in [5, 5.41) is 15.8. The number of aromatic hydroxyl groups is 1. The Morgan fingerprint density at radius 3 is 2.03 bits per heavy atom. The van der Waals surface area contributed by atoms with Crippen LogP contribution in [0.4, 0.5) is 5.69 Å². The first-order valence-corrected chi connectivity index (χ1v) is 10.0. The lowest BCUT2D eigenvalue weighted by Crippen LogP contribution is -1.90. The van der Waals surface area contributed by atoms with Gasteiger partial charge in [-0.05, 0) is 52.2 Å². The van der Waals surface area contributed by atoms with Crippen LogP contribution in [0.25, 0.3) is 32.7 Å². The average Bonchev–Trinajstić information content (AvgIpc) is 2.78. The minimum atomic E-state index is 0.247. The summed E-state index contributed by atoms with van der Waals surface area (Å²) >= 11 is 0. The highest BCUT2D eigenvalue weighted by molar-refractivity contribution is 6.14. The molecule has 0 aliphatic rings. The summed E-state index contributed by atoms with van der Waals surface area (Å²) < 4.78 is 0. The molecule has 5 aromatic carbocycles. The van der Waals surface area contributed by atoms with Crippen molar-refractivity contribution in [3.8, 4) is 16.9 Å². The van der Waals surface area contributed by atoms with Gasteiger partial charge in [-0.3, -0.25) is 4.99 Å². The van der Waals surface area contributed by atoms with Crippen LogP contribution in [-0.2, 0) is 0 Å². The van der Waals surface area contributed by atoms with Gasteiger partial charge in [0, 0.05) is 22.9 Å². The van der Waals surface area contributed by atoms with Gasteiger partial charge in [0.2, 0.25) is 0 Å². The lowest BCUT2D eigenvalue weighted by atomic mass is 9.91. The summed E-state index contributed by atoms with van der Waals surface area (Å²) in [6.45, 7) is 2.03. The van der Waals surface area contributed by atoms with E-state index in [1.54, 1.807) is 6.21 Å². The highest BCUT2D eigenvalue weighted by Gasteiger charge is 2.14. The van der Waals surface area contributed by atoms with Crippen molar-refractivity contribution < 1.29 is 5.11 Å². The van der Waals surface area contributed by atoms with Crippen LogP contribution in [0.2, 0.25) is 0 Å². The van der Waals surface area contributed by atoms with Crippen molar-refractivity contribution in [1.29, 1.82) is 0 Å². The topological polar surface area (TPSA) is 32.6 Å². The Bertz CT molecular complexity index is 1360. The molecule has 2 nitrogen and oxygen atoms in total. The fraction of sp³-hybridized carbons (Fsp3) is 0.0357. The second-order valence-corrected chi connectivity index (χ2v) is 7.48. The Morgan fingerprint density at radius 2 is 1.33 bits per heavy atom. The van der Waals surface area contributed by atoms with Crippen molar-refractivity contribution in [1.82, 2.24) is 0 Å². The normalized spacial score (nSPS) is 11.5. The number of phenols is 1. The molecule has 5 aromatic rings. The lowest BCUT2D eigenvalue weighted by Gasteiger charge is -2.14. The summed E-state index contributed by atoms with van der Waals surface area (Å²) in [4.78, 5) is 4.61. The second-order valence-electron chi connectivity index (χ2n) is 7.48. The summed E-state index contributed by atoms with van der Waals surface area (Å²) in [6.07, 6.45) is 1.74. The SMILES string of the molecule is Cc1ccccc1/N=C/c1cccc(-c2c3ccccc3cc3ccccc23)c1O. The van der Waals surface area contributed by atoms with E-state index >= 15 is 0 Å². The molecule has 2 heteroatoms. The van der Waals surface area contributed by atoms with Crippen molar-refractivity contribution in [3.63, 3.8) is 0 Å². The first kappa shape index (κ1) is 18.1. The van der Waals surface area contributed by atoms with Crippen molar-refractivity contribution in [2.45, 2.75) is 6.92 Å². The van der Waals surface area contributed by atoms with Crippen molar-refractivity contribution in [2.75, 3.05) is 0 Å². The van der Waals surface area contributed by atoms with E-state index in [4.69, 9.17) is 0 Å². The van der Waals surface area contributed by atoms with Gasteiger partial charge in [-0.2, -0.15) is 0 Å². The van der Waals surface area contributed by atoms with Gasteiger partial charge >= 0.3 is 0 Å². The zero-order valence-electron chi connectivity index (χ0n) is 16.7. The highest BCUT2D eigenvalue weighted by Crippen LogP contribution is 2.41. The number of hydrogen-bond donors (Lipinski definition) is 1. The van der Waals surface area contributed by atoms with Crippen LogP contribution in [0.1, 0.15) is 11.1 Å². The fourth-order valence-electron chi connectivity index (χ4n) is 4.02. The van der Waals surface area contributed by atoms with E-state index in [1.807, 2.05) is 73.7 Å². The van der Waals surface area contributed by atoms with E-state index in [0.29, 0.717) is 5.56 Å². The smallest absolute Gasteiger partial charge is 0.132 e. The number of hydrogen-bond acceptors (Lipinski definition) is 2. The number of nitrogens with zero attached hydrogens (tertiary/aromatic N) is 1. The maximum absolute atomic E-state index is 11.2. The molecule has 0 bridgehead atoms. The predicted octanol–water partition coefficient (Wildman–Crippen LogP) is 7.42. The largest absolute Gasteiger partial charge is 0.507 e. The minimum absolute atomic E-state index is 0.247. The third kappa shape index (κ3) is 3.13. The van der Waals surface area contributed by atoms with Crippen LogP contribution in [-0.4, -0.2) is 11.3 Å². The summed E-state index contributed by atoms with van der Waals surface area (Å²) in [5.74, 6) is 0.247. The third-order valence-electron chi connectivity index (χ3n) is 5.57. The standard InChI is InChI=1S/C28H21NO/c1-19-9-2-7-16-26(19)29-18-22-12-8-15-25(28(22)30)27-23-13-5-3-10-20(23)17-21-11-4-6-14-24(21)27/h2-18,30H,1H3/b29-18+. The van der Waals surface area contributed by atoms with E-state index in [-0.39, 0.29) is 5.75 Å². The second kappa shape index (κ2) is 7.49. The van der Waals surface area contributed by atoms with Crippen LogP contribution in [0, 0.1) is 6.92 Å². The maximum Gasteiger partial charge on any atom is 0.132 e. The Balaban J connectivity index is 1.73. The van der Waals surface area contributed by atoms with Crippen LogP contribution in [0.15, 0.2) is 102 Å². The molecule has 30 heavy (non-hydrogen) atoms. The number of fused-ring (bicyclic) bond motifs is 2. The number of para-hydroxylation sites is 2. The first-order chi connectivity index (χ1) is 14.7. The summed E-state index contributed by atoms with van der Waals surface area (Å²) in [6, 6.07) is 32.7. The summed E-state index contributed by atoms with van der Waals surface area (Å²) in [7, 11) is 0. The fourth-order valence-corrected chi connectivity index (χ4v) is 4.02. The van der Waals surface area contributed by atoms with Crippen LogP contribution < -0.4 is 0 Å². The highest BCUT2D eigenvalue weighted by atomic mass is 16.3. The number of phenolic OH excluding ortho intramolecular Hbond substituents is 1. The zero-order valence-corrected chi connectivity index (χ0v) is 16.7. The molecule has 0 amide bonds. The van der Waals surface area contributed by atoms with Gasteiger partial charge in [0.1, 0.15) is 5.75 Å². The van der Waals surface area contributed by atoms with Gasteiger partial charge in [-0.25, -0.2) is 0 Å². The van der Waals surface area contributed by atoms with Gasteiger partial charge < -0.3 is 5.11 Å². The van der Waals surface area contributed by atoms with Crippen LogP contribution >= 0.6 is 0 Å². The molecule has 0 aliphatic carbocycles. The molecule has 0 aromatic heterocycles. The first-order valence-electron chi connectivity index (χ1n) is 10.0. The van der Waals surface area contributed by atoms with Gasteiger partial charge in [0.15, 0.2) is 0 Å². The Morgan fingerprint density at radius 1 is 0.700 bits per heavy atom. The van der Waals surface area contributed by atoms with Gasteiger partial charge in [0.05, 0.1) is 5.69 Å². The molecular weight excluding hydrogens is 366 g/mol. The lowest BCUT2D eigenvalue weighted by molar-refractivity contribution is 0.476. The quantitative estimate of drug-likeness (QED) is 0.253. The summed E-state index contributed by atoms with van der Waals surface area (Å²) in [5.41, 5.74) is 4.57. The van der Waals surface area contributed by atoms with Crippen LogP contribution in [0.5, 0.6) is 5.75 Å². The number of benzene rings is 5. The maximum atomic E-state index is 11.2. The van der Waals surface area contributed by atoms with Crippen molar-refractivity contribution >= 4 is 33.4 Å². The molecule has 0 atom stereocenters. The molecule has 0 saturated heterocycles.